The second-order valence-electron chi connectivity index (χ2n) is 4.98. The average Bonchev–Trinajstić information content (AvgIpc) is 2.49. The summed E-state index contributed by atoms with van der Waals surface area (Å²) in [6.45, 7) is 0.658. The van der Waals surface area contributed by atoms with Crippen LogP contribution < -0.4 is 10.6 Å². The summed E-state index contributed by atoms with van der Waals surface area (Å²) in [4.78, 5) is 28.0. The molecule has 2 aromatic rings. The van der Waals surface area contributed by atoms with Gasteiger partial charge < -0.3 is 10.6 Å². The molecule has 21 heavy (non-hydrogen) atoms. The van der Waals surface area contributed by atoms with Crippen LogP contribution in [0.2, 0.25) is 5.15 Å². The highest BCUT2D eigenvalue weighted by Gasteiger charge is 2.24. The van der Waals surface area contributed by atoms with Crippen LogP contribution >= 0.6 is 11.6 Å². The number of hydrogen-bond acceptors (Lipinski definition) is 3. The van der Waals surface area contributed by atoms with Gasteiger partial charge >= 0.3 is 0 Å². The number of nitrogens with zero attached hydrogens (tertiary/aromatic N) is 1. The highest BCUT2D eigenvalue weighted by molar-refractivity contribution is 6.34. The minimum Gasteiger partial charge on any atom is -0.354 e. The molecule has 5 nitrogen and oxygen atoms in total. The van der Waals surface area contributed by atoms with Gasteiger partial charge in [0.25, 0.3) is 5.91 Å². The molecule has 1 aromatic carbocycles. The summed E-state index contributed by atoms with van der Waals surface area (Å²) in [5.74, 6) is -0.536. The molecular formula is C15H14ClN3O2. The minimum atomic E-state index is -0.502. The molecule has 0 spiro atoms. The molecule has 3 rings (SSSR count). The van der Waals surface area contributed by atoms with Crippen molar-refractivity contribution in [2.45, 2.75) is 18.9 Å². The molecule has 1 aliphatic rings. The number of fused-ring (bicyclic) bond motifs is 1. The van der Waals surface area contributed by atoms with E-state index in [0.29, 0.717) is 13.0 Å². The molecule has 2 amide bonds. The van der Waals surface area contributed by atoms with Gasteiger partial charge in [-0.1, -0.05) is 35.9 Å². The van der Waals surface area contributed by atoms with Crippen LogP contribution in [0.5, 0.6) is 0 Å². The third-order valence-electron chi connectivity index (χ3n) is 3.52. The van der Waals surface area contributed by atoms with Crippen molar-refractivity contribution >= 4 is 34.2 Å². The maximum absolute atomic E-state index is 12.2. The Labute approximate surface area is 126 Å². The highest BCUT2D eigenvalue weighted by Crippen LogP contribution is 2.22. The molecular weight excluding hydrogens is 290 g/mol. The number of amides is 2. The van der Waals surface area contributed by atoms with Gasteiger partial charge in [0.1, 0.15) is 16.9 Å². The topological polar surface area (TPSA) is 71.1 Å². The quantitative estimate of drug-likeness (QED) is 0.832. The zero-order valence-corrected chi connectivity index (χ0v) is 12.0. The van der Waals surface area contributed by atoms with Gasteiger partial charge in [0.2, 0.25) is 5.91 Å². The van der Waals surface area contributed by atoms with Crippen molar-refractivity contribution in [3.8, 4) is 0 Å². The lowest BCUT2D eigenvalue weighted by atomic mass is 10.1. The van der Waals surface area contributed by atoms with Gasteiger partial charge in [-0.25, -0.2) is 4.98 Å². The smallest absolute Gasteiger partial charge is 0.270 e. The summed E-state index contributed by atoms with van der Waals surface area (Å²) in [7, 11) is 0. The first-order valence-electron chi connectivity index (χ1n) is 6.79. The Kier molecular flexibility index (Phi) is 3.75. The molecule has 1 atom stereocenters. The standard InChI is InChI=1S/C15H14ClN3O2/c16-13-10-5-2-1-4-9(10)8-12(18-13)15(21)19-11-6-3-7-17-14(11)20/h1-2,4-5,8,11H,3,6-7H2,(H,17,20)(H,19,21). The second-order valence-corrected chi connectivity index (χ2v) is 5.34. The number of halogens is 1. The Morgan fingerprint density at radius 1 is 1.38 bits per heavy atom. The lowest BCUT2D eigenvalue weighted by molar-refractivity contribution is -0.124. The molecule has 0 aliphatic carbocycles. The molecule has 6 heteroatoms. The van der Waals surface area contributed by atoms with E-state index >= 15 is 0 Å². The SMILES string of the molecule is O=C(NC1CCCNC1=O)c1cc2ccccc2c(Cl)n1. The van der Waals surface area contributed by atoms with Crippen molar-refractivity contribution in [2.24, 2.45) is 0 Å². The number of carbonyl (C=O) groups is 2. The predicted molar refractivity (Wildman–Crippen MR) is 80.3 cm³/mol. The van der Waals surface area contributed by atoms with Crippen LogP contribution in [-0.2, 0) is 4.79 Å². The van der Waals surface area contributed by atoms with Crippen LogP contribution in [0.15, 0.2) is 30.3 Å². The van der Waals surface area contributed by atoms with Crippen molar-refractivity contribution in [3.63, 3.8) is 0 Å². The highest BCUT2D eigenvalue weighted by atomic mass is 35.5. The van der Waals surface area contributed by atoms with Crippen LogP contribution in [0.25, 0.3) is 10.8 Å². The molecule has 1 unspecified atom stereocenters. The summed E-state index contributed by atoms with van der Waals surface area (Å²) in [5, 5.41) is 7.36. The molecule has 2 N–H and O–H groups in total. The normalized spacial score (nSPS) is 18.3. The summed E-state index contributed by atoms with van der Waals surface area (Å²) < 4.78 is 0. The zero-order valence-electron chi connectivity index (χ0n) is 11.2. The van der Waals surface area contributed by atoms with Crippen LogP contribution in [0, 0.1) is 0 Å². The first-order chi connectivity index (χ1) is 10.1. The van der Waals surface area contributed by atoms with E-state index in [2.05, 4.69) is 15.6 Å². The van der Waals surface area contributed by atoms with Gasteiger partial charge in [0.05, 0.1) is 0 Å². The van der Waals surface area contributed by atoms with Gasteiger partial charge in [-0.05, 0) is 24.3 Å². The van der Waals surface area contributed by atoms with Crippen molar-refractivity contribution in [1.82, 2.24) is 15.6 Å². The summed E-state index contributed by atoms with van der Waals surface area (Å²) in [6.07, 6.45) is 1.49. The van der Waals surface area contributed by atoms with Gasteiger partial charge in [-0.15, -0.1) is 0 Å². The fourth-order valence-electron chi connectivity index (χ4n) is 2.41. The fraction of sp³-hybridized carbons (Fsp3) is 0.267. The molecule has 1 fully saturated rings. The van der Waals surface area contributed by atoms with E-state index in [1.807, 2.05) is 24.3 Å². The van der Waals surface area contributed by atoms with Crippen molar-refractivity contribution in [3.05, 3.63) is 41.2 Å². The molecule has 1 aliphatic heterocycles. The Hall–Kier alpha value is -2.14. The lowest BCUT2D eigenvalue weighted by Crippen LogP contribution is -2.50. The van der Waals surface area contributed by atoms with E-state index in [4.69, 9.17) is 11.6 Å². The van der Waals surface area contributed by atoms with Crippen LogP contribution in [-0.4, -0.2) is 29.4 Å². The Bertz CT molecular complexity index is 717. The van der Waals surface area contributed by atoms with E-state index in [-0.39, 0.29) is 22.7 Å². The van der Waals surface area contributed by atoms with Gasteiger partial charge in [-0.2, -0.15) is 0 Å². The number of carbonyl (C=O) groups excluding carboxylic acids is 2. The summed E-state index contributed by atoms with van der Waals surface area (Å²) in [6, 6.07) is 8.63. The molecule has 0 radical (unpaired) electrons. The number of piperidine rings is 1. The van der Waals surface area contributed by atoms with E-state index in [0.717, 1.165) is 17.2 Å². The van der Waals surface area contributed by atoms with E-state index in [9.17, 15) is 9.59 Å². The molecule has 0 bridgehead atoms. The second kappa shape index (κ2) is 5.69. The first kappa shape index (κ1) is 13.8. The van der Waals surface area contributed by atoms with Crippen LogP contribution in [0.3, 0.4) is 0 Å². The fourth-order valence-corrected chi connectivity index (χ4v) is 2.68. The lowest BCUT2D eigenvalue weighted by Gasteiger charge is -2.22. The number of pyridine rings is 1. The zero-order chi connectivity index (χ0) is 14.8. The summed E-state index contributed by atoms with van der Waals surface area (Å²) >= 11 is 6.11. The number of benzene rings is 1. The number of aromatic nitrogens is 1. The Balaban J connectivity index is 1.86. The average molecular weight is 304 g/mol. The van der Waals surface area contributed by atoms with E-state index in [1.165, 1.54) is 0 Å². The number of rotatable bonds is 2. The van der Waals surface area contributed by atoms with Crippen molar-refractivity contribution in [2.75, 3.05) is 6.54 Å². The molecule has 108 valence electrons. The van der Waals surface area contributed by atoms with Crippen LogP contribution in [0.4, 0.5) is 0 Å². The first-order valence-corrected chi connectivity index (χ1v) is 7.17. The summed E-state index contributed by atoms with van der Waals surface area (Å²) in [5.41, 5.74) is 0.220. The molecule has 2 heterocycles. The molecule has 1 aromatic heterocycles. The predicted octanol–water partition coefficient (Wildman–Crippen LogP) is 1.90. The van der Waals surface area contributed by atoms with Gasteiger partial charge in [-0.3, -0.25) is 9.59 Å². The maximum Gasteiger partial charge on any atom is 0.270 e. The van der Waals surface area contributed by atoms with Crippen molar-refractivity contribution < 1.29 is 9.59 Å². The Morgan fingerprint density at radius 2 is 2.19 bits per heavy atom. The van der Waals surface area contributed by atoms with E-state index in [1.54, 1.807) is 6.07 Å². The monoisotopic (exact) mass is 303 g/mol. The van der Waals surface area contributed by atoms with Crippen LogP contribution in [0.1, 0.15) is 23.3 Å². The van der Waals surface area contributed by atoms with Gasteiger partial charge in [0, 0.05) is 11.9 Å². The number of hydrogen-bond donors (Lipinski definition) is 2. The van der Waals surface area contributed by atoms with E-state index < -0.39 is 6.04 Å². The maximum atomic E-state index is 12.2. The molecule has 0 saturated carbocycles. The molecule has 1 saturated heterocycles. The largest absolute Gasteiger partial charge is 0.354 e. The van der Waals surface area contributed by atoms with Gasteiger partial charge in [0.15, 0.2) is 0 Å². The number of nitrogens with one attached hydrogen (secondary N) is 2. The third kappa shape index (κ3) is 2.83. The third-order valence-corrected chi connectivity index (χ3v) is 3.81. The van der Waals surface area contributed by atoms with Crippen molar-refractivity contribution in [1.29, 1.82) is 0 Å². The minimum absolute atomic E-state index is 0.151. The Morgan fingerprint density at radius 3 is 3.00 bits per heavy atom.